The molecule has 0 heterocycles. The van der Waals surface area contributed by atoms with Crippen LogP contribution >= 0.6 is 0 Å². The molecular weight excluding hydrogens is 588 g/mol. The van der Waals surface area contributed by atoms with Gasteiger partial charge in [-0.2, -0.15) is 23.8 Å². The normalized spacial score (nSPS) is 13.1. The van der Waals surface area contributed by atoms with Crippen molar-refractivity contribution in [2.75, 3.05) is 0 Å². The van der Waals surface area contributed by atoms with Gasteiger partial charge < -0.3 is 15.3 Å². The van der Waals surface area contributed by atoms with Gasteiger partial charge >= 0.3 is 5.97 Å². The average Bonchev–Trinajstić information content (AvgIpc) is 2.97. The number of benzene rings is 4. The summed E-state index contributed by atoms with van der Waals surface area (Å²) in [6, 6.07) is 16.0. The Morgan fingerprint density at radius 2 is 1.36 bits per heavy atom. The second-order valence-electron chi connectivity index (χ2n) is 9.49. The lowest BCUT2D eigenvalue weighted by Gasteiger charge is -2.07. The molecule has 4 rings (SSSR count). The maximum Gasteiger partial charge on any atom is 0.331 e. The standard InChI is InChI=1S/C30H26N6O7S/c1-17(30(39)40)4-5-19(3)31-33-25-10-6-20(14-18(25)2)32-34-27-13-12-26(35-36-28-11-7-21(37)15-29(28)38)23-9-8-22(16-24(23)27)44(41,42)43/h4-16,37-38H,1-3H3,(H,39,40)(H,41,42,43)/b17-4+,19-5+,33-31?,34-32?,36-35?. The largest absolute Gasteiger partial charge is 0.508 e. The van der Waals surface area contributed by atoms with Crippen molar-refractivity contribution in [3.8, 4) is 11.5 Å². The Labute approximate surface area is 251 Å². The van der Waals surface area contributed by atoms with E-state index in [1.165, 1.54) is 43.3 Å². The zero-order chi connectivity index (χ0) is 32.0. The number of aryl methyl sites for hydroxylation is 1. The van der Waals surface area contributed by atoms with E-state index in [0.29, 0.717) is 33.5 Å². The number of azo groups is 3. The monoisotopic (exact) mass is 614 g/mol. The van der Waals surface area contributed by atoms with Gasteiger partial charge in [0.05, 0.1) is 33.3 Å². The first kappa shape index (κ1) is 31.3. The molecule has 13 nitrogen and oxygen atoms in total. The summed E-state index contributed by atoms with van der Waals surface area (Å²) < 4.78 is 33.3. The third kappa shape index (κ3) is 7.81. The summed E-state index contributed by atoms with van der Waals surface area (Å²) in [5.41, 5.74) is 3.15. The summed E-state index contributed by atoms with van der Waals surface area (Å²) in [5, 5.41) is 54.3. The molecule has 224 valence electrons. The highest BCUT2D eigenvalue weighted by atomic mass is 32.2. The lowest BCUT2D eigenvalue weighted by atomic mass is 10.1. The Balaban J connectivity index is 1.66. The molecule has 14 heteroatoms. The Morgan fingerprint density at radius 1 is 0.727 bits per heavy atom. The van der Waals surface area contributed by atoms with Crippen LogP contribution in [0.1, 0.15) is 19.4 Å². The Bertz CT molecular complexity index is 2030. The first-order valence-electron chi connectivity index (χ1n) is 12.8. The smallest absolute Gasteiger partial charge is 0.331 e. The fourth-order valence-corrected chi connectivity index (χ4v) is 4.25. The van der Waals surface area contributed by atoms with Crippen molar-refractivity contribution in [2.24, 2.45) is 30.7 Å². The molecule has 0 aliphatic heterocycles. The van der Waals surface area contributed by atoms with Gasteiger partial charge in [-0.25, -0.2) is 4.79 Å². The lowest BCUT2D eigenvalue weighted by Crippen LogP contribution is -1.97. The minimum atomic E-state index is -4.53. The fourth-order valence-electron chi connectivity index (χ4n) is 3.74. The molecule has 0 saturated carbocycles. The molecule has 4 N–H and O–H groups in total. The van der Waals surface area contributed by atoms with Gasteiger partial charge in [-0.15, -0.1) is 15.3 Å². The first-order valence-corrected chi connectivity index (χ1v) is 14.3. The molecule has 0 amide bonds. The SMILES string of the molecule is C/C(=C\C=C(/C)C(=O)O)N=Nc1ccc(N=Nc2ccc(N=Nc3ccc(O)cc3O)c3ccc(S(=O)(=O)O)cc23)cc1C. The molecule has 0 aromatic heterocycles. The highest BCUT2D eigenvalue weighted by Gasteiger charge is 2.14. The van der Waals surface area contributed by atoms with E-state index in [1.807, 2.05) is 0 Å². The maximum atomic E-state index is 11.9. The van der Waals surface area contributed by atoms with Crippen LogP contribution < -0.4 is 0 Å². The van der Waals surface area contributed by atoms with Crippen molar-refractivity contribution < 1.29 is 33.1 Å². The highest BCUT2D eigenvalue weighted by molar-refractivity contribution is 7.85. The number of nitrogens with zero attached hydrogens (tertiary/aromatic N) is 6. The molecule has 0 fully saturated rings. The van der Waals surface area contributed by atoms with E-state index in [1.54, 1.807) is 50.3 Å². The van der Waals surface area contributed by atoms with E-state index in [2.05, 4.69) is 30.7 Å². The number of carbonyl (C=O) groups is 1. The van der Waals surface area contributed by atoms with Crippen molar-refractivity contribution >= 4 is 55.3 Å². The lowest BCUT2D eigenvalue weighted by molar-refractivity contribution is -0.132. The minimum Gasteiger partial charge on any atom is -0.508 e. The number of phenols is 2. The van der Waals surface area contributed by atoms with Gasteiger partial charge in [-0.3, -0.25) is 4.55 Å². The summed E-state index contributed by atoms with van der Waals surface area (Å²) in [4.78, 5) is 10.6. The van der Waals surface area contributed by atoms with E-state index in [-0.39, 0.29) is 33.3 Å². The molecule has 0 aliphatic carbocycles. The number of aromatic hydroxyl groups is 2. The second-order valence-corrected chi connectivity index (χ2v) is 10.9. The molecular formula is C30H26N6O7S. The zero-order valence-corrected chi connectivity index (χ0v) is 24.4. The third-order valence-corrected chi connectivity index (χ3v) is 6.99. The second kappa shape index (κ2) is 13.1. The molecule has 0 spiro atoms. The number of allylic oxidation sites excluding steroid dienone is 3. The van der Waals surface area contributed by atoms with Crippen LogP contribution in [0.3, 0.4) is 0 Å². The molecule has 0 bridgehead atoms. The van der Waals surface area contributed by atoms with Gasteiger partial charge in [-0.05, 0) is 87.0 Å². The van der Waals surface area contributed by atoms with Gasteiger partial charge in [0.2, 0.25) is 0 Å². The number of rotatable bonds is 9. The van der Waals surface area contributed by atoms with Crippen LogP contribution in [0.25, 0.3) is 10.8 Å². The van der Waals surface area contributed by atoms with Crippen LogP contribution in [0, 0.1) is 6.92 Å². The van der Waals surface area contributed by atoms with Crippen molar-refractivity contribution in [3.63, 3.8) is 0 Å². The van der Waals surface area contributed by atoms with Crippen LogP contribution in [0.5, 0.6) is 11.5 Å². The molecule has 0 unspecified atom stereocenters. The van der Waals surface area contributed by atoms with Crippen LogP contribution in [-0.2, 0) is 14.9 Å². The molecule has 0 aliphatic rings. The number of hydrogen-bond acceptors (Lipinski definition) is 11. The molecule has 4 aromatic rings. The predicted molar refractivity (Wildman–Crippen MR) is 163 cm³/mol. The number of fused-ring (bicyclic) bond motifs is 1. The van der Waals surface area contributed by atoms with Crippen LogP contribution in [0.15, 0.2) is 126 Å². The third-order valence-electron chi connectivity index (χ3n) is 6.15. The summed E-state index contributed by atoms with van der Waals surface area (Å²) >= 11 is 0. The molecule has 0 radical (unpaired) electrons. The van der Waals surface area contributed by atoms with E-state index < -0.39 is 16.1 Å². The number of carboxylic acid groups (broad SMARTS) is 1. The van der Waals surface area contributed by atoms with Gasteiger partial charge in [0.15, 0.2) is 0 Å². The van der Waals surface area contributed by atoms with Crippen LogP contribution in [0.2, 0.25) is 0 Å². The van der Waals surface area contributed by atoms with E-state index >= 15 is 0 Å². The number of phenolic OH excluding ortho intramolecular Hbond substituents is 2. The molecule has 44 heavy (non-hydrogen) atoms. The van der Waals surface area contributed by atoms with Gasteiger partial charge in [-0.1, -0.05) is 12.1 Å². The highest BCUT2D eigenvalue weighted by Crippen LogP contribution is 2.38. The summed E-state index contributed by atoms with van der Waals surface area (Å²) in [6.07, 6.45) is 2.98. The van der Waals surface area contributed by atoms with Crippen LogP contribution in [-0.4, -0.2) is 34.3 Å². The van der Waals surface area contributed by atoms with Crippen molar-refractivity contribution in [2.45, 2.75) is 25.7 Å². The van der Waals surface area contributed by atoms with Crippen molar-refractivity contribution in [1.29, 1.82) is 0 Å². The molecule has 0 atom stereocenters. The summed E-state index contributed by atoms with van der Waals surface area (Å²) in [6.45, 7) is 4.97. The summed E-state index contributed by atoms with van der Waals surface area (Å²) in [7, 11) is -4.53. The van der Waals surface area contributed by atoms with E-state index in [4.69, 9.17) is 5.11 Å². The van der Waals surface area contributed by atoms with E-state index in [0.717, 1.165) is 11.6 Å². The van der Waals surface area contributed by atoms with Gasteiger partial charge in [0.1, 0.15) is 17.2 Å². The topological polar surface area (TPSA) is 206 Å². The quantitative estimate of drug-likeness (QED) is 0.0623. The Kier molecular flexibility index (Phi) is 9.36. The fraction of sp³-hybridized carbons (Fsp3) is 0.100. The Morgan fingerprint density at radius 3 is 2.02 bits per heavy atom. The van der Waals surface area contributed by atoms with E-state index in [9.17, 15) is 28.0 Å². The zero-order valence-electron chi connectivity index (χ0n) is 23.6. The number of hydrogen-bond donors (Lipinski definition) is 4. The maximum absolute atomic E-state index is 11.9. The van der Waals surface area contributed by atoms with Crippen molar-refractivity contribution in [1.82, 2.24) is 0 Å². The summed E-state index contributed by atoms with van der Waals surface area (Å²) in [5.74, 6) is -1.44. The average molecular weight is 615 g/mol. The molecule has 4 aromatic carbocycles. The first-order chi connectivity index (χ1) is 20.8. The Hall–Kier alpha value is -5.60. The van der Waals surface area contributed by atoms with Gasteiger partial charge in [0.25, 0.3) is 10.1 Å². The predicted octanol–water partition coefficient (Wildman–Crippen LogP) is 8.66. The van der Waals surface area contributed by atoms with Crippen molar-refractivity contribution in [3.05, 3.63) is 95.7 Å². The minimum absolute atomic E-state index is 0.101. The number of carboxylic acids is 1. The molecule has 0 saturated heterocycles. The van der Waals surface area contributed by atoms with Crippen LogP contribution in [0.4, 0.5) is 28.4 Å². The van der Waals surface area contributed by atoms with Gasteiger partial charge in [0, 0.05) is 22.4 Å². The number of aliphatic carboxylic acids is 1.